The normalized spacial score (nSPS) is 19.3. The molecule has 1 rings (SSSR count). The zero-order valence-corrected chi connectivity index (χ0v) is 10.8. The quantitative estimate of drug-likeness (QED) is 0.864. The van der Waals surface area contributed by atoms with Crippen LogP contribution in [-0.4, -0.2) is 15.0 Å². The first kappa shape index (κ1) is 9.37. The van der Waals surface area contributed by atoms with E-state index in [-0.39, 0.29) is 0 Å². The minimum Gasteiger partial charge on any atom is -0.242 e. The van der Waals surface area contributed by atoms with Gasteiger partial charge in [0.2, 0.25) is 0 Å². The molecule has 1 N–H and O–H groups in total. The molecule has 90 valence electrons. The van der Waals surface area contributed by atoms with E-state index in [0.29, 0.717) is 6.42 Å². The van der Waals surface area contributed by atoms with Crippen LogP contribution in [0.15, 0.2) is 30.3 Å². The molecule has 0 unspecified atom stereocenters. The van der Waals surface area contributed by atoms with Crippen LogP contribution in [0.25, 0.3) is 0 Å². The maximum absolute atomic E-state index is 12.1. The predicted molar refractivity (Wildman–Crippen MR) is 70.6 cm³/mol. The van der Waals surface area contributed by atoms with E-state index in [1.165, 1.54) is 0 Å². The summed E-state index contributed by atoms with van der Waals surface area (Å²) in [5, 5.41) is 0. The van der Waals surface area contributed by atoms with Crippen molar-refractivity contribution in [2.75, 3.05) is 0 Å². The van der Waals surface area contributed by atoms with E-state index in [0.717, 1.165) is 5.56 Å². The molecule has 1 aromatic carbocycles. The van der Waals surface area contributed by atoms with Crippen molar-refractivity contribution in [1.82, 2.24) is 4.72 Å². The molecule has 0 aliphatic rings. The highest BCUT2D eigenvalue weighted by Crippen LogP contribution is 2.10. The summed E-state index contributed by atoms with van der Waals surface area (Å²) in [7, 11) is -1.40. The molecule has 0 heterocycles. The lowest BCUT2D eigenvalue weighted by Crippen LogP contribution is -2.39. The topological polar surface area (TPSA) is 29.1 Å². The minimum atomic E-state index is -2.18. The first-order valence-electron chi connectivity index (χ1n) is 6.82. The molecule has 0 aromatic heterocycles. The largest absolute Gasteiger partial charge is 0.242 e. The van der Waals surface area contributed by atoms with Gasteiger partial charge >= 0.3 is 0 Å². The van der Waals surface area contributed by atoms with Crippen molar-refractivity contribution in [3.05, 3.63) is 35.9 Å². The molecule has 0 saturated heterocycles. The zero-order chi connectivity index (χ0) is 14.7. The molecular formula is C13H21NOS. The monoisotopic (exact) mass is 242 g/mol. The van der Waals surface area contributed by atoms with Gasteiger partial charge in [0, 0.05) is 10.2 Å². The van der Waals surface area contributed by atoms with Gasteiger partial charge in [-0.2, -0.15) is 0 Å². The van der Waals surface area contributed by atoms with Crippen LogP contribution in [0.1, 0.15) is 37.3 Å². The Morgan fingerprint density at radius 2 is 2.00 bits per heavy atom. The smallest absolute Gasteiger partial charge is 0.0972 e. The number of benzene rings is 1. The number of hydrogen-bond acceptors (Lipinski definition) is 1. The van der Waals surface area contributed by atoms with Crippen LogP contribution in [0, 0.1) is 0 Å². The first-order valence-corrected chi connectivity index (χ1v) is 6.47. The second-order valence-corrected chi connectivity index (χ2v) is 6.74. The molecule has 1 aromatic rings. The van der Waals surface area contributed by atoms with Gasteiger partial charge in [-0.1, -0.05) is 30.3 Å². The lowest BCUT2D eigenvalue weighted by atomic mass is 10.1. The Kier molecular flexibility index (Phi) is 3.28. The summed E-state index contributed by atoms with van der Waals surface area (Å²) < 4.78 is 37.0. The van der Waals surface area contributed by atoms with E-state index in [2.05, 4.69) is 4.72 Å². The van der Waals surface area contributed by atoms with Gasteiger partial charge in [-0.25, -0.2) is 8.93 Å². The number of hydrogen-bond donors (Lipinski definition) is 1. The van der Waals surface area contributed by atoms with Gasteiger partial charge in [0.1, 0.15) is 0 Å². The molecule has 3 heteroatoms. The van der Waals surface area contributed by atoms with Crippen LogP contribution in [0.5, 0.6) is 0 Å². The third kappa shape index (κ3) is 4.45. The summed E-state index contributed by atoms with van der Waals surface area (Å²) in [6.45, 7) is 3.26. The van der Waals surface area contributed by atoms with Gasteiger partial charge in [0.15, 0.2) is 0 Å². The predicted octanol–water partition coefficient (Wildman–Crippen LogP) is 2.67. The Balaban J connectivity index is 2.83. The molecule has 0 radical (unpaired) electrons. The molecule has 0 bridgehead atoms. The lowest BCUT2D eigenvalue weighted by Gasteiger charge is -2.21. The highest BCUT2D eigenvalue weighted by Gasteiger charge is 2.20. The van der Waals surface area contributed by atoms with Crippen molar-refractivity contribution < 1.29 is 8.32 Å². The van der Waals surface area contributed by atoms with Crippen molar-refractivity contribution in [1.29, 1.82) is 0 Å². The van der Waals surface area contributed by atoms with Crippen molar-refractivity contribution >= 4 is 11.0 Å². The number of nitrogens with one attached hydrogen (secondary N) is 1. The fourth-order valence-corrected chi connectivity index (χ4v) is 1.89. The van der Waals surface area contributed by atoms with Gasteiger partial charge in [-0.05, 0) is 39.6 Å². The van der Waals surface area contributed by atoms with Gasteiger partial charge in [-0.15, -0.1) is 0 Å². The molecular weight excluding hydrogens is 218 g/mol. The summed E-state index contributed by atoms with van der Waals surface area (Å²) in [6.07, 6.45) is 0.332. The molecule has 0 amide bonds. The van der Waals surface area contributed by atoms with Crippen LogP contribution in [0.3, 0.4) is 0 Å². The second kappa shape index (κ2) is 5.60. The van der Waals surface area contributed by atoms with E-state index in [4.69, 9.17) is 4.11 Å². The van der Waals surface area contributed by atoms with Crippen molar-refractivity contribution in [3.63, 3.8) is 0 Å². The molecule has 0 saturated carbocycles. The fourth-order valence-electron chi connectivity index (χ4n) is 1.20. The Labute approximate surface area is 105 Å². The average molecular weight is 242 g/mol. The fraction of sp³-hybridized carbons (Fsp3) is 0.538. The lowest BCUT2D eigenvalue weighted by molar-refractivity contribution is 0.604. The van der Waals surface area contributed by atoms with Crippen LogP contribution < -0.4 is 4.72 Å². The number of rotatable bonds is 4. The molecule has 0 spiro atoms. The van der Waals surface area contributed by atoms with E-state index in [9.17, 15) is 4.21 Å². The minimum absolute atomic E-state index is 0.332. The third-order valence-corrected chi connectivity index (χ3v) is 3.70. The molecule has 0 aliphatic heterocycles. The maximum Gasteiger partial charge on any atom is 0.0972 e. The molecule has 16 heavy (non-hydrogen) atoms. The van der Waals surface area contributed by atoms with Gasteiger partial charge in [-0.3, -0.25) is 0 Å². The second-order valence-electron chi connectivity index (χ2n) is 4.74. The summed E-state index contributed by atoms with van der Waals surface area (Å²) >= 11 is 0. The highest BCUT2D eigenvalue weighted by atomic mass is 32.2. The molecule has 2 nitrogen and oxygen atoms in total. The van der Waals surface area contributed by atoms with Crippen molar-refractivity contribution in [3.8, 4) is 0 Å². The van der Waals surface area contributed by atoms with Crippen LogP contribution in [0.4, 0.5) is 0 Å². The zero-order valence-electron chi connectivity index (χ0n) is 13.0. The molecule has 2 atom stereocenters. The Morgan fingerprint density at radius 1 is 1.38 bits per heavy atom. The van der Waals surface area contributed by atoms with E-state index in [1.807, 2.05) is 51.1 Å². The van der Waals surface area contributed by atoms with Crippen LogP contribution in [0.2, 0.25) is 0 Å². The molecule has 0 fully saturated rings. The van der Waals surface area contributed by atoms with Gasteiger partial charge < -0.3 is 0 Å². The van der Waals surface area contributed by atoms with Gasteiger partial charge in [0.25, 0.3) is 0 Å². The third-order valence-electron chi connectivity index (χ3n) is 2.09. The SMILES string of the molecule is [2H]C([2H])([2H])[C@@H](Cc1ccccc1)N[S@](=O)C(C)(C)C. The summed E-state index contributed by atoms with van der Waals surface area (Å²) in [5.41, 5.74) is 0.919. The Bertz CT molecular complexity index is 426. The summed E-state index contributed by atoms with van der Waals surface area (Å²) in [4.78, 5) is 0. The van der Waals surface area contributed by atoms with Crippen molar-refractivity contribution in [2.24, 2.45) is 0 Å². The van der Waals surface area contributed by atoms with Crippen molar-refractivity contribution in [2.45, 2.75) is 44.8 Å². The van der Waals surface area contributed by atoms with Crippen LogP contribution in [-0.2, 0) is 17.4 Å². The highest BCUT2D eigenvalue weighted by molar-refractivity contribution is 7.84. The Morgan fingerprint density at radius 3 is 2.50 bits per heavy atom. The first-order chi connectivity index (χ1) is 8.60. The van der Waals surface area contributed by atoms with E-state index in [1.54, 1.807) is 0 Å². The van der Waals surface area contributed by atoms with Gasteiger partial charge in [0.05, 0.1) is 15.7 Å². The Hall–Kier alpha value is -0.670. The summed E-state index contributed by atoms with van der Waals surface area (Å²) in [5.74, 6) is 0. The standard InChI is InChI=1S/C13H21NOS/c1-11(14-16(15)13(2,3)4)10-12-8-6-5-7-9-12/h5-9,11,14H,10H2,1-4H3/t11-,16+/m0/s1/i1D3. The van der Waals surface area contributed by atoms with E-state index < -0.39 is 28.6 Å². The van der Waals surface area contributed by atoms with E-state index >= 15 is 0 Å². The molecule has 0 aliphatic carbocycles. The average Bonchev–Trinajstić information content (AvgIpc) is 2.27. The summed E-state index contributed by atoms with van der Waals surface area (Å²) in [6, 6.07) is 8.56. The van der Waals surface area contributed by atoms with Crippen LogP contribution >= 0.6 is 0 Å². The maximum atomic E-state index is 12.1.